The summed E-state index contributed by atoms with van der Waals surface area (Å²) in [6.45, 7) is 9.59. The fraction of sp³-hybridized carbons (Fsp3) is 0.346. The SMILES string of the molecule is CC=Cc1c(C)ccc(C)c1C(=O)N1CC2CN(c3cnc4ccccc4n3)CC2C1. The maximum Gasteiger partial charge on any atom is 0.254 e. The van der Waals surface area contributed by atoms with Crippen molar-refractivity contribution < 1.29 is 4.79 Å². The van der Waals surface area contributed by atoms with Crippen LogP contribution in [0.5, 0.6) is 0 Å². The van der Waals surface area contributed by atoms with Gasteiger partial charge in [-0.2, -0.15) is 0 Å². The molecule has 0 saturated carbocycles. The van der Waals surface area contributed by atoms with Gasteiger partial charge in [-0.05, 0) is 49.6 Å². The highest BCUT2D eigenvalue weighted by Crippen LogP contribution is 2.35. The van der Waals surface area contributed by atoms with Crippen LogP contribution in [0, 0.1) is 25.7 Å². The predicted octanol–water partition coefficient (Wildman–Crippen LogP) is 4.49. The molecule has 2 unspecified atom stereocenters. The molecule has 5 heteroatoms. The van der Waals surface area contributed by atoms with E-state index in [4.69, 9.17) is 4.98 Å². The van der Waals surface area contributed by atoms with E-state index in [2.05, 4.69) is 39.9 Å². The van der Waals surface area contributed by atoms with Crippen molar-refractivity contribution in [3.05, 3.63) is 70.9 Å². The molecule has 158 valence electrons. The van der Waals surface area contributed by atoms with E-state index in [0.29, 0.717) is 11.8 Å². The normalized spacial score (nSPS) is 20.7. The van der Waals surface area contributed by atoms with Crippen LogP contribution in [0.2, 0.25) is 0 Å². The summed E-state index contributed by atoms with van der Waals surface area (Å²) in [6, 6.07) is 12.1. The Morgan fingerprint density at radius 1 is 0.968 bits per heavy atom. The Balaban J connectivity index is 1.33. The summed E-state index contributed by atoms with van der Waals surface area (Å²) in [7, 11) is 0. The Bertz CT molecular complexity index is 1170. The van der Waals surface area contributed by atoms with E-state index < -0.39 is 0 Å². The lowest BCUT2D eigenvalue weighted by atomic mass is 9.96. The zero-order chi connectivity index (χ0) is 21.5. The zero-order valence-corrected chi connectivity index (χ0v) is 18.4. The second kappa shape index (κ2) is 7.80. The van der Waals surface area contributed by atoms with Gasteiger partial charge in [0.05, 0.1) is 17.2 Å². The van der Waals surface area contributed by atoms with Gasteiger partial charge in [-0.3, -0.25) is 9.78 Å². The highest BCUT2D eigenvalue weighted by molar-refractivity contribution is 6.00. The fourth-order valence-corrected chi connectivity index (χ4v) is 5.10. The molecule has 0 aliphatic carbocycles. The molecule has 1 amide bonds. The smallest absolute Gasteiger partial charge is 0.254 e. The van der Waals surface area contributed by atoms with Crippen LogP contribution in [0.25, 0.3) is 17.1 Å². The molecule has 2 saturated heterocycles. The molecule has 2 atom stereocenters. The minimum atomic E-state index is 0.167. The van der Waals surface area contributed by atoms with E-state index >= 15 is 0 Å². The molecule has 0 spiro atoms. The Morgan fingerprint density at radius 2 is 1.65 bits per heavy atom. The number of benzene rings is 2. The lowest BCUT2D eigenvalue weighted by Crippen LogP contribution is -2.34. The van der Waals surface area contributed by atoms with Crippen molar-refractivity contribution in [2.24, 2.45) is 11.8 Å². The van der Waals surface area contributed by atoms with Gasteiger partial charge in [0.1, 0.15) is 5.82 Å². The summed E-state index contributed by atoms with van der Waals surface area (Å²) < 4.78 is 0. The Hall–Kier alpha value is -3.21. The average molecular weight is 413 g/mol. The van der Waals surface area contributed by atoms with Gasteiger partial charge in [-0.25, -0.2) is 4.98 Å². The lowest BCUT2D eigenvalue weighted by Gasteiger charge is -2.24. The van der Waals surface area contributed by atoms with Gasteiger partial charge < -0.3 is 9.80 Å². The molecule has 2 aliphatic heterocycles. The first kappa shape index (κ1) is 19.7. The maximum absolute atomic E-state index is 13.5. The number of fused-ring (bicyclic) bond motifs is 2. The Kier molecular flexibility index (Phi) is 4.97. The highest BCUT2D eigenvalue weighted by Gasteiger charge is 2.42. The molecule has 5 nitrogen and oxygen atoms in total. The van der Waals surface area contributed by atoms with Gasteiger partial charge in [-0.1, -0.05) is 36.4 Å². The molecule has 2 aromatic carbocycles. The summed E-state index contributed by atoms with van der Waals surface area (Å²) >= 11 is 0. The number of aryl methyl sites for hydroxylation is 2. The summed E-state index contributed by atoms with van der Waals surface area (Å²) in [5.74, 6) is 2.07. The number of rotatable bonds is 3. The van der Waals surface area contributed by atoms with E-state index in [9.17, 15) is 4.79 Å². The molecule has 3 aromatic rings. The zero-order valence-electron chi connectivity index (χ0n) is 18.4. The summed E-state index contributed by atoms with van der Waals surface area (Å²) in [6.07, 6.45) is 5.96. The van der Waals surface area contributed by atoms with Crippen LogP contribution in [-0.4, -0.2) is 47.0 Å². The first-order valence-electron chi connectivity index (χ1n) is 11.0. The van der Waals surface area contributed by atoms with Gasteiger partial charge in [0.25, 0.3) is 5.91 Å². The van der Waals surface area contributed by atoms with Crippen molar-refractivity contribution in [2.75, 3.05) is 31.1 Å². The number of amides is 1. The van der Waals surface area contributed by atoms with Crippen molar-refractivity contribution in [3.63, 3.8) is 0 Å². The first-order chi connectivity index (χ1) is 15.0. The average Bonchev–Trinajstić information content (AvgIpc) is 3.35. The van der Waals surface area contributed by atoms with Crippen LogP contribution >= 0.6 is 0 Å². The minimum absolute atomic E-state index is 0.167. The molecular formula is C26H28N4O. The number of nitrogens with zero attached hydrogens (tertiary/aromatic N) is 4. The third-order valence-corrected chi connectivity index (χ3v) is 6.75. The van der Waals surface area contributed by atoms with Crippen LogP contribution in [0.4, 0.5) is 5.82 Å². The van der Waals surface area contributed by atoms with Crippen LogP contribution in [0.1, 0.15) is 34.0 Å². The number of carbonyl (C=O) groups is 1. The van der Waals surface area contributed by atoms with E-state index in [0.717, 1.165) is 65.3 Å². The van der Waals surface area contributed by atoms with Crippen molar-refractivity contribution >= 4 is 28.8 Å². The molecule has 1 aromatic heterocycles. The molecule has 0 N–H and O–H groups in total. The van der Waals surface area contributed by atoms with Crippen molar-refractivity contribution in [1.29, 1.82) is 0 Å². The summed E-state index contributed by atoms with van der Waals surface area (Å²) in [5.41, 5.74) is 5.96. The fourth-order valence-electron chi connectivity index (χ4n) is 5.10. The molecule has 2 aliphatic rings. The number of aromatic nitrogens is 2. The van der Waals surface area contributed by atoms with E-state index in [1.165, 1.54) is 0 Å². The van der Waals surface area contributed by atoms with Crippen LogP contribution in [-0.2, 0) is 0 Å². The second-order valence-corrected chi connectivity index (χ2v) is 8.84. The second-order valence-electron chi connectivity index (χ2n) is 8.84. The third kappa shape index (κ3) is 3.48. The molecule has 3 heterocycles. The summed E-state index contributed by atoms with van der Waals surface area (Å²) in [4.78, 5) is 27.3. The van der Waals surface area contributed by atoms with Crippen molar-refractivity contribution in [1.82, 2.24) is 14.9 Å². The van der Waals surface area contributed by atoms with E-state index in [1.807, 2.05) is 50.4 Å². The van der Waals surface area contributed by atoms with E-state index in [-0.39, 0.29) is 5.91 Å². The lowest BCUT2D eigenvalue weighted by molar-refractivity contribution is 0.0781. The highest BCUT2D eigenvalue weighted by atomic mass is 16.2. The molecular weight excluding hydrogens is 384 g/mol. The van der Waals surface area contributed by atoms with Crippen LogP contribution in [0.15, 0.2) is 48.7 Å². The minimum Gasteiger partial charge on any atom is -0.355 e. The van der Waals surface area contributed by atoms with Gasteiger partial charge in [-0.15, -0.1) is 0 Å². The van der Waals surface area contributed by atoms with Gasteiger partial charge >= 0.3 is 0 Å². The van der Waals surface area contributed by atoms with Crippen LogP contribution < -0.4 is 4.90 Å². The van der Waals surface area contributed by atoms with Crippen molar-refractivity contribution in [3.8, 4) is 0 Å². The number of anilines is 1. The number of hydrogen-bond donors (Lipinski definition) is 0. The molecule has 0 radical (unpaired) electrons. The number of allylic oxidation sites excluding steroid dienone is 1. The van der Waals surface area contributed by atoms with E-state index in [1.54, 1.807) is 0 Å². The largest absolute Gasteiger partial charge is 0.355 e. The standard InChI is InChI=1S/C26H28N4O/c1-4-7-21-17(2)10-11-18(3)25(21)26(31)30-15-19-13-29(14-20(19)16-30)24-12-27-22-8-5-6-9-23(22)28-24/h4-12,19-20H,13-16H2,1-3H3. The van der Waals surface area contributed by atoms with Gasteiger partial charge in [0.15, 0.2) is 0 Å². The Labute approximate surface area is 183 Å². The number of carbonyl (C=O) groups excluding carboxylic acids is 1. The summed E-state index contributed by atoms with van der Waals surface area (Å²) in [5, 5.41) is 0. The third-order valence-electron chi connectivity index (χ3n) is 6.75. The number of para-hydroxylation sites is 2. The van der Waals surface area contributed by atoms with Gasteiger partial charge in [0, 0.05) is 43.6 Å². The quantitative estimate of drug-likeness (QED) is 0.636. The molecule has 31 heavy (non-hydrogen) atoms. The molecule has 2 fully saturated rings. The monoisotopic (exact) mass is 412 g/mol. The van der Waals surface area contributed by atoms with Crippen molar-refractivity contribution in [2.45, 2.75) is 20.8 Å². The van der Waals surface area contributed by atoms with Crippen LogP contribution in [0.3, 0.4) is 0 Å². The first-order valence-corrected chi connectivity index (χ1v) is 11.0. The Morgan fingerprint density at radius 3 is 2.35 bits per heavy atom. The molecule has 0 bridgehead atoms. The number of likely N-dealkylation sites (tertiary alicyclic amines) is 1. The predicted molar refractivity (Wildman–Crippen MR) is 125 cm³/mol. The number of hydrogen-bond acceptors (Lipinski definition) is 4. The van der Waals surface area contributed by atoms with Gasteiger partial charge in [0.2, 0.25) is 0 Å². The topological polar surface area (TPSA) is 49.3 Å². The molecule has 5 rings (SSSR count). The maximum atomic E-state index is 13.5.